The number of nitrogens with one attached hydrogen (secondary N) is 1. The molecule has 0 aliphatic carbocycles. The number of nitriles is 1. The van der Waals surface area contributed by atoms with Gasteiger partial charge < -0.3 is 15.1 Å². The Kier molecular flexibility index (Phi) is 5.96. The van der Waals surface area contributed by atoms with E-state index in [1.165, 1.54) is 12.8 Å². The molecule has 8 heteroatoms. The van der Waals surface area contributed by atoms with Gasteiger partial charge in [-0.2, -0.15) is 18.4 Å². The van der Waals surface area contributed by atoms with Crippen LogP contribution in [0.3, 0.4) is 0 Å². The van der Waals surface area contributed by atoms with Gasteiger partial charge in [0.1, 0.15) is 6.07 Å². The molecule has 0 bridgehead atoms. The third-order valence-corrected chi connectivity index (χ3v) is 8.04. The Bertz CT molecular complexity index is 1030. The first kappa shape index (κ1) is 22.4. The van der Waals surface area contributed by atoms with E-state index in [2.05, 4.69) is 21.3 Å². The highest BCUT2D eigenvalue weighted by Gasteiger charge is 2.50. The van der Waals surface area contributed by atoms with Crippen molar-refractivity contribution in [2.45, 2.75) is 31.9 Å². The number of aromatic nitrogens is 1. The summed E-state index contributed by atoms with van der Waals surface area (Å²) in [5, 5.41) is 13.6. The summed E-state index contributed by atoms with van der Waals surface area (Å²) in [5.41, 5.74) is 2.07. The largest absolute Gasteiger partial charge is 0.393 e. The van der Waals surface area contributed by atoms with Crippen molar-refractivity contribution in [3.8, 4) is 6.07 Å². The molecule has 3 fully saturated rings. The number of piperidine rings is 2. The quantitative estimate of drug-likeness (QED) is 0.749. The lowest BCUT2D eigenvalue weighted by Crippen LogP contribution is -2.49. The van der Waals surface area contributed by atoms with Crippen LogP contribution < -0.4 is 10.2 Å². The molecule has 176 valence electrons. The van der Waals surface area contributed by atoms with Crippen LogP contribution in [0.4, 0.5) is 18.9 Å². The van der Waals surface area contributed by atoms with Crippen LogP contribution in [-0.4, -0.2) is 61.9 Å². The molecular weight excluding hydrogens is 427 g/mol. The number of hydrogen-bond donors (Lipinski definition) is 1. The summed E-state index contributed by atoms with van der Waals surface area (Å²) in [5.74, 6) is -1.82. The molecule has 3 aliphatic rings. The molecule has 5 nitrogen and oxygen atoms in total. The van der Waals surface area contributed by atoms with Crippen molar-refractivity contribution in [2.24, 2.45) is 17.3 Å². The normalized spacial score (nSPS) is 26.1. The number of nitrogens with zero attached hydrogens (tertiary/aromatic N) is 4. The first-order valence-corrected chi connectivity index (χ1v) is 11.9. The van der Waals surface area contributed by atoms with Gasteiger partial charge in [0, 0.05) is 49.4 Å². The van der Waals surface area contributed by atoms with E-state index in [0.717, 1.165) is 50.1 Å². The number of anilines is 1. The number of alkyl halides is 3. The zero-order valence-electron chi connectivity index (χ0n) is 18.7. The SMILES string of the molecule is N#Cc1ccc(N2CC(C(F)(F)F)[C@@H](CN3CCC4(CCCNC4)CC3)C2)c2cccnc12. The number of rotatable bonds is 3. The van der Waals surface area contributed by atoms with E-state index in [4.69, 9.17) is 0 Å². The van der Waals surface area contributed by atoms with Crippen LogP contribution in [0.2, 0.25) is 0 Å². The summed E-state index contributed by atoms with van der Waals surface area (Å²) < 4.78 is 42.2. The van der Waals surface area contributed by atoms with Crippen LogP contribution in [0.5, 0.6) is 0 Å². The minimum atomic E-state index is -4.23. The highest BCUT2D eigenvalue weighted by Crippen LogP contribution is 2.43. The van der Waals surface area contributed by atoms with Crippen molar-refractivity contribution < 1.29 is 13.2 Å². The number of halogens is 3. The number of hydrogen-bond acceptors (Lipinski definition) is 5. The van der Waals surface area contributed by atoms with Crippen molar-refractivity contribution in [2.75, 3.05) is 50.7 Å². The van der Waals surface area contributed by atoms with E-state index in [-0.39, 0.29) is 6.54 Å². The topological polar surface area (TPSA) is 55.2 Å². The second-order valence-corrected chi connectivity index (χ2v) is 10.0. The molecular formula is C25H30F3N5. The molecule has 33 heavy (non-hydrogen) atoms. The molecule has 4 heterocycles. The summed E-state index contributed by atoms with van der Waals surface area (Å²) in [4.78, 5) is 8.43. The molecule has 0 saturated carbocycles. The van der Waals surface area contributed by atoms with Crippen molar-refractivity contribution in [1.82, 2.24) is 15.2 Å². The Morgan fingerprint density at radius 1 is 1.15 bits per heavy atom. The smallest absolute Gasteiger partial charge is 0.370 e. The lowest BCUT2D eigenvalue weighted by molar-refractivity contribution is -0.180. The minimum absolute atomic E-state index is 0.0498. The summed E-state index contributed by atoms with van der Waals surface area (Å²) in [6.07, 6.45) is 1.95. The van der Waals surface area contributed by atoms with Gasteiger partial charge in [0.25, 0.3) is 0 Å². The fourth-order valence-corrected chi connectivity index (χ4v) is 6.15. The molecule has 1 aromatic heterocycles. The second kappa shape index (κ2) is 8.77. The van der Waals surface area contributed by atoms with Gasteiger partial charge in [-0.05, 0) is 75.0 Å². The lowest BCUT2D eigenvalue weighted by Gasteiger charge is -2.45. The maximum atomic E-state index is 14.1. The Morgan fingerprint density at radius 2 is 1.97 bits per heavy atom. The van der Waals surface area contributed by atoms with Gasteiger partial charge in [0.2, 0.25) is 0 Å². The van der Waals surface area contributed by atoms with E-state index in [9.17, 15) is 18.4 Å². The fraction of sp³-hybridized carbons (Fsp3) is 0.600. The summed E-state index contributed by atoms with van der Waals surface area (Å²) in [6, 6.07) is 9.20. The predicted molar refractivity (Wildman–Crippen MR) is 122 cm³/mol. The molecule has 0 radical (unpaired) electrons. The van der Waals surface area contributed by atoms with E-state index >= 15 is 0 Å². The molecule has 3 saturated heterocycles. The highest BCUT2D eigenvalue weighted by molar-refractivity contribution is 5.95. The van der Waals surface area contributed by atoms with Gasteiger partial charge in [-0.1, -0.05) is 0 Å². The fourth-order valence-electron chi connectivity index (χ4n) is 6.15. The van der Waals surface area contributed by atoms with Gasteiger partial charge in [-0.25, -0.2) is 0 Å². The monoisotopic (exact) mass is 457 g/mol. The van der Waals surface area contributed by atoms with E-state index in [1.54, 1.807) is 24.4 Å². The molecule has 1 spiro atoms. The zero-order chi connectivity index (χ0) is 23.1. The Balaban J connectivity index is 1.34. The number of benzene rings is 1. The van der Waals surface area contributed by atoms with E-state index in [0.29, 0.717) is 29.6 Å². The van der Waals surface area contributed by atoms with E-state index < -0.39 is 18.0 Å². The molecule has 2 atom stereocenters. The third kappa shape index (κ3) is 4.41. The van der Waals surface area contributed by atoms with Crippen LogP contribution in [-0.2, 0) is 0 Å². The predicted octanol–water partition coefficient (Wildman–Crippen LogP) is 4.19. The second-order valence-electron chi connectivity index (χ2n) is 10.0. The molecule has 2 aromatic rings. The van der Waals surface area contributed by atoms with Gasteiger partial charge in [0.15, 0.2) is 0 Å². The number of fused-ring (bicyclic) bond motifs is 1. The average Bonchev–Trinajstić information content (AvgIpc) is 3.25. The molecule has 1 N–H and O–H groups in total. The number of likely N-dealkylation sites (tertiary alicyclic amines) is 1. The average molecular weight is 458 g/mol. The third-order valence-electron chi connectivity index (χ3n) is 8.04. The maximum absolute atomic E-state index is 14.1. The summed E-state index contributed by atoms with van der Waals surface area (Å²) in [6.45, 7) is 4.68. The van der Waals surface area contributed by atoms with E-state index in [1.807, 2.05) is 11.0 Å². The minimum Gasteiger partial charge on any atom is -0.370 e. The van der Waals surface area contributed by atoms with Crippen LogP contribution in [0.15, 0.2) is 30.5 Å². The number of pyridine rings is 1. The van der Waals surface area contributed by atoms with Gasteiger partial charge in [-0.15, -0.1) is 0 Å². The highest BCUT2D eigenvalue weighted by atomic mass is 19.4. The molecule has 3 aliphatic heterocycles. The maximum Gasteiger partial charge on any atom is 0.393 e. The van der Waals surface area contributed by atoms with Crippen LogP contribution in [0, 0.1) is 28.6 Å². The molecule has 1 unspecified atom stereocenters. The van der Waals surface area contributed by atoms with Crippen LogP contribution in [0.25, 0.3) is 10.9 Å². The first-order chi connectivity index (χ1) is 15.9. The van der Waals surface area contributed by atoms with Crippen molar-refractivity contribution in [1.29, 1.82) is 5.26 Å². The molecule has 5 rings (SSSR count). The lowest BCUT2D eigenvalue weighted by atomic mass is 9.73. The Morgan fingerprint density at radius 3 is 2.67 bits per heavy atom. The Labute approximate surface area is 192 Å². The van der Waals surface area contributed by atoms with Crippen molar-refractivity contribution >= 4 is 16.6 Å². The molecule has 0 amide bonds. The standard InChI is InChI=1S/C25H30F3N5/c26-25(27,28)21-16-33(22-5-4-18(13-29)23-20(22)3-1-10-31-23)15-19(21)14-32-11-7-24(8-12-32)6-2-9-30-17-24/h1,3-5,10,19,21,30H,2,6-9,11-12,14-17H2/t19-,21?/m0/s1. The van der Waals surface area contributed by atoms with Gasteiger partial charge >= 0.3 is 6.18 Å². The van der Waals surface area contributed by atoms with Gasteiger partial charge in [-0.3, -0.25) is 4.98 Å². The van der Waals surface area contributed by atoms with Crippen LogP contribution >= 0.6 is 0 Å². The zero-order valence-corrected chi connectivity index (χ0v) is 18.7. The van der Waals surface area contributed by atoms with Crippen LogP contribution in [0.1, 0.15) is 31.2 Å². The van der Waals surface area contributed by atoms with Gasteiger partial charge in [0.05, 0.1) is 17.0 Å². The Hall–Kier alpha value is -2.37. The van der Waals surface area contributed by atoms with Crippen molar-refractivity contribution in [3.05, 3.63) is 36.0 Å². The molecule has 1 aromatic carbocycles. The first-order valence-electron chi connectivity index (χ1n) is 11.9. The van der Waals surface area contributed by atoms with Crippen molar-refractivity contribution in [3.63, 3.8) is 0 Å². The summed E-state index contributed by atoms with van der Waals surface area (Å²) in [7, 11) is 0. The summed E-state index contributed by atoms with van der Waals surface area (Å²) >= 11 is 0.